The Kier molecular flexibility index (Phi) is 11.4. The minimum absolute atomic E-state index is 0. The van der Waals surface area contributed by atoms with Crippen LogP contribution in [0.15, 0.2) is 23.3 Å². The number of piperidine rings is 1. The third-order valence-corrected chi connectivity index (χ3v) is 6.47. The number of hydrogen-bond acceptors (Lipinski definition) is 4. The fourth-order valence-corrected chi connectivity index (χ4v) is 4.73. The number of nitrogens with zero attached hydrogens (tertiary/aromatic N) is 3. The number of amides is 1. The van der Waals surface area contributed by atoms with Crippen LogP contribution in [0, 0.1) is 11.8 Å². The van der Waals surface area contributed by atoms with Crippen LogP contribution < -0.4 is 21.3 Å². The highest BCUT2D eigenvalue weighted by atomic mass is 127. The highest BCUT2D eigenvalue weighted by Gasteiger charge is 2.26. The van der Waals surface area contributed by atoms with Crippen LogP contribution in [0.1, 0.15) is 63.4 Å². The maximum atomic E-state index is 11.6. The van der Waals surface area contributed by atoms with Gasteiger partial charge in [-0.2, -0.15) is 0 Å². The molecular formula is C23H39IN6O. The summed E-state index contributed by atoms with van der Waals surface area (Å²) in [6.45, 7) is 3.14. The molecule has 8 heteroatoms. The Morgan fingerprint density at radius 1 is 1.23 bits per heavy atom. The zero-order valence-electron chi connectivity index (χ0n) is 18.8. The molecule has 1 atom stereocenters. The van der Waals surface area contributed by atoms with E-state index in [1.54, 1.807) is 0 Å². The average Bonchev–Trinajstić information content (AvgIpc) is 2.79. The summed E-state index contributed by atoms with van der Waals surface area (Å²) < 4.78 is 0. The fraction of sp³-hybridized carbons (Fsp3) is 0.696. The number of carbonyl (C=O) groups is 1. The molecule has 7 nitrogen and oxygen atoms in total. The average molecular weight is 543 g/mol. The van der Waals surface area contributed by atoms with Gasteiger partial charge in [0.1, 0.15) is 5.82 Å². The van der Waals surface area contributed by atoms with Gasteiger partial charge in [-0.1, -0.05) is 38.2 Å². The lowest BCUT2D eigenvalue weighted by atomic mass is 9.86. The first-order valence-corrected chi connectivity index (χ1v) is 11.6. The molecule has 0 spiro atoms. The fourth-order valence-electron chi connectivity index (χ4n) is 4.73. The molecule has 1 aromatic heterocycles. The van der Waals surface area contributed by atoms with Gasteiger partial charge in [0.25, 0.3) is 0 Å². The molecule has 4 N–H and O–H groups in total. The first-order valence-electron chi connectivity index (χ1n) is 11.6. The van der Waals surface area contributed by atoms with Crippen molar-refractivity contribution in [2.24, 2.45) is 22.6 Å². The third kappa shape index (κ3) is 8.12. The lowest BCUT2D eigenvalue weighted by molar-refractivity contribution is -0.122. The molecule has 1 unspecified atom stereocenters. The van der Waals surface area contributed by atoms with Gasteiger partial charge in [-0.05, 0) is 37.7 Å². The van der Waals surface area contributed by atoms with Crippen LogP contribution in [-0.4, -0.2) is 43.5 Å². The molecule has 3 rings (SSSR count). The van der Waals surface area contributed by atoms with Crippen LogP contribution in [0.5, 0.6) is 0 Å². The molecule has 1 saturated heterocycles. The van der Waals surface area contributed by atoms with Crippen molar-refractivity contribution in [2.45, 2.75) is 64.3 Å². The van der Waals surface area contributed by atoms with E-state index in [0.717, 1.165) is 49.2 Å². The number of pyridine rings is 1. The van der Waals surface area contributed by atoms with E-state index in [-0.39, 0.29) is 35.8 Å². The Bertz CT molecular complexity index is 707. The molecule has 31 heavy (non-hydrogen) atoms. The monoisotopic (exact) mass is 542 g/mol. The highest BCUT2D eigenvalue weighted by Crippen LogP contribution is 2.27. The van der Waals surface area contributed by atoms with E-state index in [1.165, 1.54) is 44.9 Å². The number of primary amides is 1. The summed E-state index contributed by atoms with van der Waals surface area (Å²) in [5.41, 5.74) is 6.65. The molecule has 174 valence electrons. The number of halogens is 1. The summed E-state index contributed by atoms with van der Waals surface area (Å²) in [4.78, 5) is 22.8. The highest BCUT2D eigenvalue weighted by molar-refractivity contribution is 14.0. The summed E-state index contributed by atoms with van der Waals surface area (Å²) in [6.07, 6.45) is 13.2. The lowest BCUT2D eigenvalue weighted by Crippen LogP contribution is -2.42. The minimum Gasteiger partial charge on any atom is -0.369 e. The SMILES string of the molecule is CN=C(NCCCC1CCCCC1)NCc1cccnc1N1CCCC(C(N)=O)C1.I. The predicted molar refractivity (Wildman–Crippen MR) is 138 cm³/mol. The number of aromatic nitrogens is 1. The molecule has 1 aliphatic heterocycles. The van der Waals surface area contributed by atoms with Crippen molar-refractivity contribution in [2.75, 3.05) is 31.6 Å². The summed E-state index contributed by atoms with van der Waals surface area (Å²) >= 11 is 0. The van der Waals surface area contributed by atoms with Gasteiger partial charge >= 0.3 is 0 Å². The molecule has 0 bridgehead atoms. The molecule has 2 fully saturated rings. The van der Waals surface area contributed by atoms with E-state index in [9.17, 15) is 4.79 Å². The number of anilines is 1. The largest absolute Gasteiger partial charge is 0.369 e. The van der Waals surface area contributed by atoms with Gasteiger partial charge in [0, 0.05) is 45.0 Å². The zero-order valence-corrected chi connectivity index (χ0v) is 21.1. The number of rotatable bonds is 8. The molecule has 2 aliphatic rings. The standard InChI is InChI=1S/C23H38N6O.HI/c1-25-23(27-14-5-10-18-8-3-2-4-9-18)28-16-19-11-6-13-26-22(19)29-15-7-12-20(17-29)21(24)30;/h6,11,13,18,20H,2-5,7-10,12,14-17H2,1H3,(H2,24,30)(H2,25,27,28);1H. The summed E-state index contributed by atoms with van der Waals surface area (Å²) in [7, 11) is 1.81. The Balaban J connectivity index is 0.00000341. The quantitative estimate of drug-likeness (QED) is 0.203. The molecule has 2 heterocycles. The maximum absolute atomic E-state index is 11.6. The van der Waals surface area contributed by atoms with Crippen molar-refractivity contribution in [3.8, 4) is 0 Å². The van der Waals surface area contributed by atoms with Gasteiger partial charge in [-0.15, -0.1) is 24.0 Å². The first-order chi connectivity index (χ1) is 14.7. The summed E-state index contributed by atoms with van der Waals surface area (Å²) in [5.74, 6) is 2.36. The van der Waals surface area contributed by atoms with Gasteiger partial charge in [0.2, 0.25) is 5.91 Å². The van der Waals surface area contributed by atoms with Gasteiger partial charge in [0.15, 0.2) is 5.96 Å². The van der Waals surface area contributed by atoms with Crippen molar-refractivity contribution in [3.05, 3.63) is 23.9 Å². The molecular weight excluding hydrogens is 503 g/mol. The molecule has 0 aromatic carbocycles. The zero-order chi connectivity index (χ0) is 21.2. The second kappa shape index (κ2) is 13.8. The van der Waals surface area contributed by atoms with E-state index in [4.69, 9.17) is 5.73 Å². The van der Waals surface area contributed by atoms with E-state index in [0.29, 0.717) is 13.1 Å². The van der Waals surface area contributed by atoms with E-state index < -0.39 is 0 Å². The topological polar surface area (TPSA) is 95.6 Å². The van der Waals surface area contributed by atoms with Crippen molar-refractivity contribution in [1.82, 2.24) is 15.6 Å². The van der Waals surface area contributed by atoms with Crippen LogP contribution in [0.2, 0.25) is 0 Å². The Morgan fingerprint density at radius 3 is 2.77 bits per heavy atom. The molecule has 1 aliphatic carbocycles. The molecule has 1 aromatic rings. The smallest absolute Gasteiger partial charge is 0.222 e. The summed E-state index contributed by atoms with van der Waals surface area (Å²) in [5, 5.41) is 6.86. The predicted octanol–water partition coefficient (Wildman–Crippen LogP) is 3.43. The van der Waals surface area contributed by atoms with Gasteiger partial charge in [0.05, 0.1) is 5.92 Å². The van der Waals surface area contributed by atoms with Gasteiger partial charge in [-0.25, -0.2) is 4.98 Å². The lowest BCUT2D eigenvalue weighted by Gasteiger charge is -2.33. The summed E-state index contributed by atoms with van der Waals surface area (Å²) in [6, 6.07) is 4.04. The normalized spacial score (nSPS) is 20.1. The van der Waals surface area contributed by atoms with Crippen LogP contribution in [0.4, 0.5) is 5.82 Å². The van der Waals surface area contributed by atoms with Crippen molar-refractivity contribution in [3.63, 3.8) is 0 Å². The van der Waals surface area contributed by atoms with E-state index >= 15 is 0 Å². The third-order valence-electron chi connectivity index (χ3n) is 6.47. The first kappa shape index (κ1) is 25.7. The minimum atomic E-state index is -0.215. The number of hydrogen-bond donors (Lipinski definition) is 3. The number of guanidine groups is 1. The van der Waals surface area contributed by atoms with Gasteiger partial charge in [-0.3, -0.25) is 9.79 Å². The van der Waals surface area contributed by atoms with Crippen LogP contribution >= 0.6 is 24.0 Å². The van der Waals surface area contributed by atoms with Crippen molar-refractivity contribution < 1.29 is 4.79 Å². The number of nitrogens with two attached hydrogens (primary N) is 1. The van der Waals surface area contributed by atoms with Crippen molar-refractivity contribution >= 4 is 41.7 Å². The van der Waals surface area contributed by atoms with E-state index in [2.05, 4.69) is 31.6 Å². The van der Waals surface area contributed by atoms with Crippen LogP contribution in [-0.2, 0) is 11.3 Å². The Hall–Kier alpha value is -1.58. The number of carbonyl (C=O) groups excluding carboxylic acids is 1. The second-order valence-corrected chi connectivity index (χ2v) is 8.67. The number of nitrogens with one attached hydrogen (secondary N) is 2. The Labute approximate surface area is 204 Å². The Morgan fingerprint density at radius 2 is 2.03 bits per heavy atom. The van der Waals surface area contributed by atoms with Crippen molar-refractivity contribution in [1.29, 1.82) is 0 Å². The van der Waals surface area contributed by atoms with Gasteiger partial charge < -0.3 is 21.3 Å². The molecule has 1 saturated carbocycles. The van der Waals surface area contributed by atoms with Crippen LogP contribution in [0.25, 0.3) is 0 Å². The van der Waals surface area contributed by atoms with E-state index in [1.807, 2.05) is 19.3 Å². The molecule has 1 amide bonds. The molecule has 0 radical (unpaired) electrons. The maximum Gasteiger partial charge on any atom is 0.222 e. The second-order valence-electron chi connectivity index (χ2n) is 8.67. The number of aliphatic imine (C=N–C) groups is 1. The van der Waals surface area contributed by atoms with Crippen LogP contribution in [0.3, 0.4) is 0 Å².